The highest BCUT2D eigenvalue weighted by atomic mass is 16.7. The molecular formula is C14H13N3O4. The second kappa shape index (κ2) is 5.28. The number of nitrogens with one attached hydrogen (secondary N) is 1. The molecule has 1 aromatic heterocycles. The average molecular weight is 287 g/mol. The molecule has 0 unspecified atom stereocenters. The largest absolute Gasteiger partial charge is 0.454 e. The molecule has 2 heterocycles. The number of nitro groups is 1. The number of aryl methyl sites for hydroxylation is 1. The number of nitrogens with zero attached hydrogens (tertiary/aromatic N) is 2. The third-order valence-corrected chi connectivity index (χ3v) is 3.19. The maximum absolute atomic E-state index is 10.7. The summed E-state index contributed by atoms with van der Waals surface area (Å²) in [5.41, 5.74) is 1.60. The van der Waals surface area contributed by atoms with E-state index in [1.165, 1.54) is 6.20 Å². The zero-order valence-corrected chi connectivity index (χ0v) is 11.3. The lowest BCUT2D eigenvalue weighted by Gasteiger charge is -2.07. The van der Waals surface area contributed by atoms with Gasteiger partial charge in [-0.2, -0.15) is 0 Å². The van der Waals surface area contributed by atoms with Gasteiger partial charge >= 0.3 is 0 Å². The predicted octanol–water partition coefficient (Wildman–Crippen LogP) is 2.64. The Bertz CT molecular complexity index is 703. The first-order valence-corrected chi connectivity index (χ1v) is 6.37. The number of benzene rings is 1. The van der Waals surface area contributed by atoms with Crippen LogP contribution in [0.25, 0.3) is 0 Å². The van der Waals surface area contributed by atoms with Crippen LogP contribution in [0.15, 0.2) is 30.5 Å². The Kier molecular flexibility index (Phi) is 3.31. The van der Waals surface area contributed by atoms with E-state index in [4.69, 9.17) is 9.47 Å². The van der Waals surface area contributed by atoms with Gasteiger partial charge in [0.2, 0.25) is 6.79 Å². The Hall–Kier alpha value is -2.83. The van der Waals surface area contributed by atoms with Crippen LogP contribution in [0.5, 0.6) is 11.5 Å². The average Bonchev–Trinajstić information content (AvgIpc) is 2.92. The number of pyridine rings is 1. The summed E-state index contributed by atoms with van der Waals surface area (Å²) >= 11 is 0. The van der Waals surface area contributed by atoms with Crippen LogP contribution in [0.4, 0.5) is 11.5 Å². The third-order valence-electron chi connectivity index (χ3n) is 3.19. The number of hydrogen-bond acceptors (Lipinski definition) is 6. The van der Waals surface area contributed by atoms with Gasteiger partial charge < -0.3 is 14.8 Å². The fourth-order valence-corrected chi connectivity index (χ4v) is 2.08. The van der Waals surface area contributed by atoms with Crippen molar-refractivity contribution in [2.24, 2.45) is 0 Å². The molecule has 0 bridgehead atoms. The fourth-order valence-electron chi connectivity index (χ4n) is 2.08. The first kappa shape index (κ1) is 13.2. The van der Waals surface area contributed by atoms with E-state index < -0.39 is 4.92 Å². The molecule has 2 aromatic rings. The minimum atomic E-state index is -0.441. The zero-order chi connectivity index (χ0) is 14.8. The van der Waals surface area contributed by atoms with E-state index in [-0.39, 0.29) is 12.5 Å². The Balaban J connectivity index is 1.70. The van der Waals surface area contributed by atoms with Gasteiger partial charge in [-0.25, -0.2) is 4.98 Å². The molecule has 1 aliphatic rings. The molecule has 3 rings (SSSR count). The normalized spacial score (nSPS) is 12.2. The van der Waals surface area contributed by atoms with Crippen molar-refractivity contribution in [1.29, 1.82) is 0 Å². The molecule has 7 heteroatoms. The molecule has 0 aliphatic carbocycles. The van der Waals surface area contributed by atoms with Crippen molar-refractivity contribution in [2.45, 2.75) is 13.5 Å². The van der Waals surface area contributed by atoms with Crippen molar-refractivity contribution in [2.75, 3.05) is 12.1 Å². The Labute approximate surface area is 120 Å². The summed E-state index contributed by atoms with van der Waals surface area (Å²) in [6.45, 7) is 2.47. The molecule has 0 amide bonds. The first-order chi connectivity index (χ1) is 10.1. The molecule has 21 heavy (non-hydrogen) atoms. The van der Waals surface area contributed by atoms with Crippen LogP contribution in [0.3, 0.4) is 0 Å². The third kappa shape index (κ3) is 2.71. The monoisotopic (exact) mass is 287 g/mol. The summed E-state index contributed by atoms with van der Waals surface area (Å²) in [6, 6.07) is 7.34. The van der Waals surface area contributed by atoms with Gasteiger partial charge in [0.1, 0.15) is 12.0 Å². The summed E-state index contributed by atoms with van der Waals surface area (Å²) in [4.78, 5) is 14.3. The Morgan fingerprint density at radius 1 is 1.33 bits per heavy atom. The summed E-state index contributed by atoms with van der Waals surface area (Å²) in [7, 11) is 0. The van der Waals surface area contributed by atoms with Crippen molar-refractivity contribution in [3.05, 3.63) is 51.7 Å². The second-order valence-electron chi connectivity index (χ2n) is 4.65. The van der Waals surface area contributed by atoms with E-state index in [0.717, 1.165) is 17.1 Å². The molecule has 0 fully saturated rings. The van der Waals surface area contributed by atoms with Gasteiger partial charge in [-0.15, -0.1) is 0 Å². The van der Waals surface area contributed by atoms with Crippen LogP contribution in [-0.2, 0) is 6.54 Å². The lowest BCUT2D eigenvalue weighted by molar-refractivity contribution is -0.385. The van der Waals surface area contributed by atoms with Crippen LogP contribution in [-0.4, -0.2) is 16.7 Å². The van der Waals surface area contributed by atoms with E-state index in [0.29, 0.717) is 17.9 Å². The number of anilines is 1. The summed E-state index contributed by atoms with van der Waals surface area (Å²) in [5.74, 6) is 2.06. The smallest absolute Gasteiger partial charge is 0.290 e. The molecule has 0 spiro atoms. The molecule has 0 saturated carbocycles. The standard InChI is InChI=1S/C14H13N3O4/c1-9-4-14(16-7-11(9)17(18)19)15-6-10-2-3-12-13(5-10)21-8-20-12/h2-5,7H,6,8H2,1H3,(H,15,16). The SMILES string of the molecule is Cc1cc(NCc2ccc3c(c2)OCO3)ncc1[N+](=O)[O-]. The quantitative estimate of drug-likeness (QED) is 0.687. The lowest BCUT2D eigenvalue weighted by Crippen LogP contribution is -2.02. The summed E-state index contributed by atoms with van der Waals surface area (Å²) < 4.78 is 10.6. The first-order valence-electron chi connectivity index (χ1n) is 6.37. The molecule has 0 atom stereocenters. The van der Waals surface area contributed by atoms with Crippen molar-refractivity contribution in [1.82, 2.24) is 4.98 Å². The highest BCUT2D eigenvalue weighted by Gasteiger charge is 2.14. The van der Waals surface area contributed by atoms with Crippen LogP contribution >= 0.6 is 0 Å². The molecule has 1 aliphatic heterocycles. The van der Waals surface area contributed by atoms with Crippen molar-refractivity contribution in [3.8, 4) is 11.5 Å². The topological polar surface area (TPSA) is 86.5 Å². The molecule has 1 aromatic carbocycles. The van der Waals surface area contributed by atoms with Crippen LogP contribution in [0.1, 0.15) is 11.1 Å². The van der Waals surface area contributed by atoms with Crippen LogP contribution in [0, 0.1) is 17.0 Å². The van der Waals surface area contributed by atoms with Crippen LogP contribution in [0.2, 0.25) is 0 Å². The highest BCUT2D eigenvalue weighted by Crippen LogP contribution is 2.32. The van der Waals surface area contributed by atoms with Gasteiger partial charge in [0.25, 0.3) is 5.69 Å². The minimum Gasteiger partial charge on any atom is -0.454 e. The number of aromatic nitrogens is 1. The maximum Gasteiger partial charge on any atom is 0.290 e. The predicted molar refractivity (Wildman–Crippen MR) is 75.5 cm³/mol. The van der Waals surface area contributed by atoms with Crippen LogP contribution < -0.4 is 14.8 Å². The molecule has 0 radical (unpaired) electrons. The molecular weight excluding hydrogens is 274 g/mol. The zero-order valence-electron chi connectivity index (χ0n) is 11.3. The Morgan fingerprint density at radius 2 is 2.14 bits per heavy atom. The van der Waals surface area contributed by atoms with Gasteiger partial charge in [-0.05, 0) is 30.7 Å². The molecule has 1 N–H and O–H groups in total. The van der Waals surface area contributed by atoms with E-state index in [1.54, 1.807) is 13.0 Å². The van der Waals surface area contributed by atoms with Gasteiger partial charge in [0, 0.05) is 12.1 Å². The maximum atomic E-state index is 10.7. The number of fused-ring (bicyclic) bond motifs is 1. The van der Waals surface area contributed by atoms with E-state index in [9.17, 15) is 10.1 Å². The molecule has 108 valence electrons. The summed E-state index contributed by atoms with van der Waals surface area (Å²) in [6.07, 6.45) is 1.26. The van der Waals surface area contributed by atoms with Crippen molar-refractivity contribution in [3.63, 3.8) is 0 Å². The number of rotatable bonds is 4. The lowest BCUT2D eigenvalue weighted by atomic mass is 10.2. The fraction of sp³-hybridized carbons (Fsp3) is 0.214. The Morgan fingerprint density at radius 3 is 2.90 bits per heavy atom. The molecule has 0 saturated heterocycles. The van der Waals surface area contributed by atoms with E-state index in [1.807, 2.05) is 18.2 Å². The second-order valence-corrected chi connectivity index (χ2v) is 4.65. The van der Waals surface area contributed by atoms with Gasteiger partial charge in [0.15, 0.2) is 11.5 Å². The van der Waals surface area contributed by atoms with E-state index in [2.05, 4.69) is 10.3 Å². The number of ether oxygens (including phenoxy) is 2. The number of hydrogen-bond donors (Lipinski definition) is 1. The van der Waals surface area contributed by atoms with Crippen molar-refractivity contribution >= 4 is 11.5 Å². The molecule has 7 nitrogen and oxygen atoms in total. The van der Waals surface area contributed by atoms with Gasteiger partial charge in [0.05, 0.1) is 4.92 Å². The van der Waals surface area contributed by atoms with E-state index >= 15 is 0 Å². The summed E-state index contributed by atoms with van der Waals surface area (Å²) in [5, 5.41) is 13.9. The highest BCUT2D eigenvalue weighted by molar-refractivity contribution is 5.48. The van der Waals surface area contributed by atoms with Gasteiger partial charge in [-0.3, -0.25) is 10.1 Å². The minimum absolute atomic E-state index is 0.0172. The van der Waals surface area contributed by atoms with Gasteiger partial charge in [-0.1, -0.05) is 6.07 Å². The van der Waals surface area contributed by atoms with Crippen molar-refractivity contribution < 1.29 is 14.4 Å².